The number of aliphatic hydroxyl groups is 1. The second kappa shape index (κ2) is 10.4. The molecular weight excluding hydrogens is 518 g/mol. The molecule has 0 saturated carbocycles. The fraction of sp³-hybridized carbons (Fsp3) is 0.407. The number of pyridine rings is 3. The van der Waals surface area contributed by atoms with Gasteiger partial charge in [-0.2, -0.15) is 5.10 Å². The molecule has 1 unspecified atom stereocenters. The van der Waals surface area contributed by atoms with Crippen LogP contribution in [-0.4, -0.2) is 82.6 Å². The predicted molar refractivity (Wildman–Crippen MR) is 151 cm³/mol. The van der Waals surface area contributed by atoms with Crippen molar-refractivity contribution in [3.05, 3.63) is 48.5 Å². The number of methoxy groups -OCH3 is 1. The molecule has 11 nitrogen and oxygen atoms in total. The Kier molecular flexibility index (Phi) is 7.17. The molecule has 4 aromatic heterocycles. The molecule has 5 rings (SSSR count). The highest BCUT2D eigenvalue weighted by molar-refractivity contribution is 7.90. The molecule has 5 heterocycles. The number of anilines is 2. The molecule has 0 radical (unpaired) electrons. The number of hydrogen-bond acceptors (Lipinski definition) is 10. The standard InChI is InChI=1S/C27H33N7O4S/c1-16(14-35)30-26-8-20(33-13-19(18(33)3)15-39(5,36)37)9-27(32-26)34-24-10-23(31-17(2)21(24)12-29-34)22-11-28-7-6-25(22)38-4/h6-12,16,18-19,35H,13-15H2,1-5H3,(H,30,32)/t16?,18-,19-/m1/s1. The number of ether oxygens (including phenoxy) is 1. The van der Waals surface area contributed by atoms with Crippen molar-refractivity contribution >= 4 is 32.2 Å². The lowest BCUT2D eigenvalue weighted by Gasteiger charge is -2.48. The van der Waals surface area contributed by atoms with Gasteiger partial charge in [0.05, 0.1) is 42.4 Å². The second-order valence-electron chi connectivity index (χ2n) is 10.2. The number of aryl methyl sites for hydroxylation is 1. The van der Waals surface area contributed by atoms with Crippen LogP contribution in [0, 0.1) is 12.8 Å². The van der Waals surface area contributed by atoms with Crippen molar-refractivity contribution in [1.82, 2.24) is 24.7 Å². The van der Waals surface area contributed by atoms with Crippen LogP contribution >= 0.6 is 0 Å². The van der Waals surface area contributed by atoms with Crippen LogP contribution in [0.1, 0.15) is 19.5 Å². The highest BCUT2D eigenvalue weighted by atomic mass is 32.2. The number of nitrogens with one attached hydrogen (secondary N) is 1. The van der Waals surface area contributed by atoms with Gasteiger partial charge in [-0.3, -0.25) is 9.97 Å². The Morgan fingerprint density at radius 2 is 2.03 bits per heavy atom. The van der Waals surface area contributed by atoms with Gasteiger partial charge < -0.3 is 20.1 Å². The lowest BCUT2D eigenvalue weighted by molar-refractivity contribution is 0.281. The zero-order valence-electron chi connectivity index (χ0n) is 22.7. The van der Waals surface area contributed by atoms with Gasteiger partial charge in [-0.25, -0.2) is 18.1 Å². The average Bonchev–Trinajstić information content (AvgIpc) is 3.34. The van der Waals surface area contributed by atoms with Crippen molar-refractivity contribution in [3.8, 4) is 22.8 Å². The minimum atomic E-state index is -3.07. The van der Waals surface area contributed by atoms with Crippen LogP contribution in [0.4, 0.5) is 11.5 Å². The highest BCUT2D eigenvalue weighted by Crippen LogP contribution is 2.35. The fourth-order valence-corrected chi connectivity index (χ4v) is 6.17. The van der Waals surface area contributed by atoms with Crippen LogP contribution in [0.2, 0.25) is 0 Å². The molecule has 39 heavy (non-hydrogen) atoms. The number of fused-ring (bicyclic) bond motifs is 1. The predicted octanol–water partition coefficient (Wildman–Crippen LogP) is 2.86. The molecule has 2 N–H and O–H groups in total. The van der Waals surface area contributed by atoms with Gasteiger partial charge >= 0.3 is 0 Å². The summed E-state index contributed by atoms with van der Waals surface area (Å²) >= 11 is 0. The summed E-state index contributed by atoms with van der Waals surface area (Å²) in [6, 6.07) is 7.45. The Morgan fingerprint density at radius 3 is 2.72 bits per heavy atom. The first-order valence-electron chi connectivity index (χ1n) is 12.8. The maximum atomic E-state index is 11.9. The topological polar surface area (TPSA) is 135 Å². The van der Waals surface area contributed by atoms with Gasteiger partial charge in [0, 0.05) is 72.1 Å². The minimum absolute atomic E-state index is 0.0450. The van der Waals surface area contributed by atoms with E-state index in [1.54, 1.807) is 36.4 Å². The van der Waals surface area contributed by atoms with Gasteiger partial charge in [0.15, 0.2) is 5.82 Å². The second-order valence-corrected chi connectivity index (χ2v) is 12.4. The molecule has 4 aromatic rings. The van der Waals surface area contributed by atoms with Gasteiger partial charge in [-0.05, 0) is 32.9 Å². The highest BCUT2D eigenvalue weighted by Gasteiger charge is 2.38. The summed E-state index contributed by atoms with van der Waals surface area (Å²) < 4.78 is 31.1. The van der Waals surface area contributed by atoms with E-state index in [0.717, 1.165) is 27.8 Å². The van der Waals surface area contributed by atoms with Crippen molar-refractivity contribution in [1.29, 1.82) is 0 Å². The first kappa shape index (κ1) is 26.8. The molecule has 12 heteroatoms. The third-order valence-electron chi connectivity index (χ3n) is 7.17. The average molecular weight is 552 g/mol. The molecule has 0 spiro atoms. The van der Waals surface area contributed by atoms with Crippen LogP contribution in [0.3, 0.4) is 0 Å². The van der Waals surface area contributed by atoms with E-state index >= 15 is 0 Å². The van der Waals surface area contributed by atoms with E-state index in [2.05, 4.69) is 20.3 Å². The molecule has 1 fully saturated rings. The van der Waals surface area contributed by atoms with Gasteiger partial charge in [-0.1, -0.05) is 0 Å². The van der Waals surface area contributed by atoms with Crippen molar-refractivity contribution in [3.63, 3.8) is 0 Å². The lowest BCUT2D eigenvalue weighted by atomic mass is 9.91. The van der Waals surface area contributed by atoms with Gasteiger partial charge in [0.2, 0.25) is 0 Å². The van der Waals surface area contributed by atoms with Crippen LogP contribution < -0.4 is 15.0 Å². The lowest BCUT2D eigenvalue weighted by Crippen LogP contribution is -2.57. The molecule has 0 aliphatic carbocycles. The maximum Gasteiger partial charge on any atom is 0.158 e. The molecule has 0 bridgehead atoms. The molecule has 1 aliphatic rings. The van der Waals surface area contributed by atoms with Crippen LogP contribution in [0.25, 0.3) is 28.0 Å². The van der Waals surface area contributed by atoms with Crippen molar-refractivity contribution in [2.45, 2.75) is 32.9 Å². The summed E-state index contributed by atoms with van der Waals surface area (Å²) in [6.45, 7) is 6.41. The molecular formula is C27H33N7O4S. The number of aromatic nitrogens is 5. The third-order valence-corrected chi connectivity index (χ3v) is 8.20. The molecule has 1 saturated heterocycles. The Balaban J connectivity index is 1.59. The summed E-state index contributed by atoms with van der Waals surface area (Å²) in [5, 5.41) is 18.4. The molecule has 0 amide bonds. The van der Waals surface area contributed by atoms with Gasteiger partial charge in [0.1, 0.15) is 21.4 Å². The third kappa shape index (κ3) is 5.39. The number of sulfone groups is 1. The van der Waals surface area contributed by atoms with Crippen molar-refractivity contribution in [2.75, 3.05) is 42.5 Å². The van der Waals surface area contributed by atoms with Crippen LogP contribution in [0.15, 0.2) is 42.9 Å². The van der Waals surface area contributed by atoms with E-state index < -0.39 is 9.84 Å². The quantitative estimate of drug-likeness (QED) is 0.320. The zero-order chi connectivity index (χ0) is 27.9. The van der Waals surface area contributed by atoms with E-state index in [4.69, 9.17) is 14.7 Å². The number of rotatable bonds is 9. The van der Waals surface area contributed by atoms with Crippen molar-refractivity contribution < 1.29 is 18.3 Å². The molecule has 0 aromatic carbocycles. The maximum absolute atomic E-state index is 11.9. The van der Waals surface area contributed by atoms with Crippen LogP contribution in [0.5, 0.6) is 5.75 Å². The summed E-state index contributed by atoms with van der Waals surface area (Å²) in [6.07, 6.45) is 6.45. The molecule has 1 aliphatic heterocycles. The number of hydrogen-bond donors (Lipinski definition) is 2. The summed E-state index contributed by atoms with van der Waals surface area (Å²) in [7, 11) is -1.45. The summed E-state index contributed by atoms with van der Waals surface area (Å²) in [5.74, 6) is 2.06. The van der Waals surface area contributed by atoms with Gasteiger partial charge in [-0.15, -0.1) is 0 Å². The van der Waals surface area contributed by atoms with Crippen molar-refractivity contribution in [2.24, 2.45) is 5.92 Å². The fourth-order valence-electron chi connectivity index (χ4n) is 5.01. The Labute approximate surface area is 227 Å². The zero-order valence-corrected chi connectivity index (χ0v) is 23.5. The normalized spacial score (nSPS) is 18.2. The number of nitrogens with zero attached hydrogens (tertiary/aromatic N) is 6. The number of aliphatic hydroxyl groups excluding tert-OH is 1. The largest absolute Gasteiger partial charge is 0.496 e. The van der Waals surface area contributed by atoms with Gasteiger partial charge in [0.25, 0.3) is 0 Å². The molecule has 3 atom stereocenters. The Hall–Kier alpha value is -3.77. The Bertz CT molecular complexity index is 1620. The van der Waals surface area contributed by atoms with E-state index in [9.17, 15) is 13.5 Å². The smallest absolute Gasteiger partial charge is 0.158 e. The first-order chi connectivity index (χ1) is 18.6. The van der Waals surface area contributed by atoms with E-state index in [-0.39, 0.29) is 30.4 Å². The monoisotopic (exact) mass is 551 g/mol. The first-order valence-corrected chi connectivity index (χ1v) is 14.8. The van der Waals surface area contributed by atoms with E-state index in [1.165, 1.54) is 6.26 Å². The minimum Gasteiger partial charge on any atom is -0.496 e. The van der Waals surface area contributed by atoms with E-state index in [1.807, 2.05) is 39.0 Å². The Morgan fingerprint density at radius 1 is 1.23 bits per heavy atom. The van der Waals surface area contributed by atoms with Crippen LogP contribution in [-0.2, 0) is 9.84 Å². The SMILES string of the molecule is COc1ccncc1-c1cc2c(cnn2-c2cc(N3C[C@H](CS(C)(=O)=O)[C@H]3C)cc(NC(C)CO)n2)c(C)n1. The summed E-state index contributed by atoms with van der Waals surface area (Å²) in [5.41, 5.74) is 4.00. The summed E-state index contributed by atoms with van der Waals surface area (Å²) in [4.78, 5) is 16.0. The van der Waals surface area contributed by atoms with E-state index in [0.29, 0.717) is 29.6 Å². The molecule has 206 valence electrons.